The first-order valence-electron chi connectivity index (χ1n) is 6.11. The fourth-order valence-electron chi connectivity index (χ4n) is 1.77. The number of carbonyl (C=O) groups excluding carboxylic acids is 2. The minimum atomic E-state index is -0.443. The maximum atomic E-state index is 11.9. The fourth-order valence-corrected chi connectivity index (χ4v) is 1.77. The molecule has 0 aromatic carbocycles. The molecule has 0 spiro atoms. The summed E-state index contributed by atoms with van der Waals surface area (Å²) in [6, 6.07) is 1.80. The van der Waals surface area contributed by atoms with E-state index < -0.39 is 5.41 Å². The standard InChI is InChI=1S/C13H21N3O3/c1-9-6-10(15-16(9)4)14-11(17)7-13(2,3)8-12(18)19-5/h6H,7-8H2,1-5H3,(H,14,15,17). The van der Waals surface area contributed by atoms with Crippen molar-refractivity contribution in [1.29, 1.82) is 0 Å². The molecule has 6 heteroatoms. The smallest absolute Gasteiger partial charge is 0.306 e. The van der Waals surface area contributed by atoms with Crippen LogP contribution in [0.5, 0.6) is 0 Å². The normalized spacial score (nSPS) is 11.2. The van der Waals surface area contributed by atoms with Crippen LogP contribution in [0.3, 0.4) is 0 Å². The lowest BCUT2D eigenvalue weighted by Gasteiger charge is -2.21. The minimum Gasteiger partial charge on any atom is -0.469 e. The third-order valence-corrected chi connectivity index (χ3v) is 2.87. The van der Waals surface area contributed by atoms with Gasteiger partial charge >= 0.3 is 5.97 Å². The molecule has 0 atom stereocenters. The summed E-state index contributed by atoms with van der Waals surface area (Å²) in [5.74, 6) is 0.0531. The monoisotopic (exact) mass is 267 g/mol. The summed E-state index contributed by atoms with van der Waals surface area (Å²) in [5, 5.41) is 6.88. The molecule has 1 heterocycles. The number of anilines is 1. The van der Waals surface area contributed by atoms with Gasteiger partial charge in [-0.05, 0) is 12.3 Å². The van der Waals surface area contributed by atoms with Gasteiger partial charge in [0.25, 0.3) is 0 Å². The summed E-state index contributed by atoms with van der Waals surface area (Å²) in [4.78, 5) is 23.2. The molecule has 0 saturated carbocycles. The van der Waals surface area contributed by atoms with Gasteiger partial charge in [-0.25, -0.2) is 0 Å². The number of esters is 1. The van der Waals surface area contributed by atoms with E-state index in [-0.39, 0.29) is 24.7 Å². The SMILES string of the molecule is COC(=O)CC(C)(C)CC(=O)Nc1cc(C)n(C)n1. The van der Waals surface area contributed by atoms with Crippen LogP contribution in [0.15, 0.2) is 6.07 Å². The molecule has 1 aromatic heterocycles. The lowest BCUT2D eigenvalue weighted by Crippen LogP contribution is -2.25. The van der Waals surface area contributed by atoms with Crippen molar-refractivity contribution in [2.24, 2.45) is 12.5 Å². The first kappa shape index (κ1) is 15.2. The van der Waals surface area contributed by atoms with Crippen LogP contribution in [0.1, 0.15) is 32.4 Å². The highest BCUT2D eigenvalue weighted by atomic mass is 16.5. The molecule has 6 nitrogen and oxygen atoms in total. The van der Waals surface area contributed by atoms with Crippen molar-refractivity contribution in [3.8, 4) is 0 Å². The third-order valence-electron chi connectivity index (χ3n) is 2.87. The number of nitrogens with zero attached hydrogens (tertiary/aromatic N) is 2. The fraction of sp³-hybridized carbons (Fsp3) is 0.615. The highest BCUT2D eigenvalue weighted by molar-refractivity contribution is 5.90. The Labute approximate surface area is 113 Å². The number of ether oxygens (including phenoxy) is 1. The Morgan fingerprint density at radius 1 is 1.42 bits per heavy atom. The second kappa shape index (κ2) is 5.86. The van der Waals surface area contributed by atoms with E-state index in [1.54, 1.807) is 10.7 Å². The number of amides is 1. The van der Waals surface area contributed by atoms with Crippen LogP contribution >= 0.6 is 0 Å². The summed E-state index contributed by atoms with van der Waals surface area (Å²) < 4.78 is 6.31. The van der Waals surface area contributed by atoms with Gasteiger partial charge in [-0.3, -0.25) is 14.3 Å². The molecule has 0 aliphatic carbocycles. The van der Waals surface area contributed by atoms with Gasteiger partial charge in [0, 0.05) is 25.2 Å². The highest BCUT2D eigenvalue weighted by Gasteiger charge is 2.26. The van der Waals surface area contributed by atoms with Crippen molar-refractivity contribution in [1.82, 2.24) is 9.78 Å². The van der Waals surface area contributed by atoms with Crippen molar-refractivity contribution in [2.75, 3.05) is 12.4 Å². The molecule has 0 bridgehead atoms. The summed E-state index contributed by atoms with van der Waals surface area (Å²) in [7, 11) is 3.15. The van der Waals surface area contributed by atoms with Gasteiger partial charge in [0.2, 0.25) is 5.91 Å². The molecule has 19 heavy (non-hydrogen) atoms. The van der Waals surface area contributed by atoms with Gasteiger partial charge in [0.05, 0.1) is 13.5 Å². The molecule has 0 aliphatic heterocycles. The van der Waals surface area contributed by atoms with Crippen molar-refractivity contribution in [2.45, 2.75) is 33.6 Å². The second-order valence-electron chi connectivity index (χ2n) is 5.44. The number of rotatable bonds is 5. The molecule has 0 radical (unpaired) electrons. The number of carbonyl (C=O) groups is 2. The van der Waals surface area contributed by atoms with Crippen LogP contribution in [0.25, 0.3) is 0 Å². The molecular formula is C13H21N3O3. The van der Waals surface area contributed by atoms with Crippen LogP contribution in [-0.2, 0) is 21.4 Å². The van der Waals surface area contributed by atoms with Gasteiger partial charge in [-0.2, -0.15) is 5.10 Å². The average Bonchev–Trinajstić information content (AvgIpc) is 2.55. The molecule has 1 N–H and O–H groups in total. The Hall–Kier alpha value is -1.85. The Kier molecular flexibility index (Phi) is 4.69. The average molecular weight is 267 g/mol. The van der Waals surface area contributed by atoms with E-state index in [4.69, 9.17) is 0 Å². The quantitative estimate of drug-likeness (QED) is 0.823. The van der Waals surface area contributed by atoms with Crippen molar-refractivity contribution in [3.63, 3.8) is 0 Å². The lowest BCUT2D eigenvalue weighted by molar-refractivity contribution is -0.143. The van der Waals surface area contributed by atoms with Gasteiger partial charge in [0.15, 0.2) is 5.82 Å². The molecule has 1 amide bonds. The topological polar surface area (TPSA) is 73.2 Å². The minimum absolute atomic E-state index is 0.160. The van der Waals surface area contributed by atoms with E-state index in [1.807, 2.05) is 27.8 Å². The Balaban J connectivity index is 2.57. The van der Waals surface area contributed by atoms with Gasteiger partial charge < -0.3 is 10.1 Å². The maximum absolute atomic E-state index is 11.9. The molecule has 1 aromatic rings. The summed E-state index contributed by atoms with van der Waals surface area (Å²) in [5.41, 5.74) is 0.519. The van der Waals surface area contributed by atoms with E-state index in [9.17, 15) is 9.59 Å². The van der Waals surface area contributed by atoms with Crippen molar-refractivity contribution in [3.05, 3.63) is 11.8 Å². The number of methoxy groups -OCH3 is 1. The Bertz CT molecular complexity index is 458. The van der Waals surface area contributed by atoms with E-state index in [0.29, 0.717) is 5.82 Å². The van der Waals surface area contributed by atoms with Crippen LogP contribution < -0.4 is 5.32 Å². The van der Waals surface area contributed by atoms with Crippen LogP contribution in [-0.4, -0.2) is 28.8 Å². The van der Waals surface area contributed by atoms with E-state index >= 15 is 0 Å². The number of aryl methyl sites for hydroxylation is 2. The zero-order valence-corrected chi connectivity index (χ0v) is 12.1. The largest absolute Gasteiger partial charge is 0.469 e. The molecule has 0 aliphatic rings. The predicted octanol–water partition coefficient (Wildman–Crippen LogP) is 1.65. The highest BCUT2D eigenvalue weighted by Crippen LogP contribution is 2.26. The number of hydrogen-bond donors (Lipinski definition) is 1. The molecule has 0 fully saturated rings. The third kappa shape index (κ3) is 4.73. The maximum Gasteiger partial charge on any atom is 0.306 e. The van der Waals surface area contributed by atoms with Gasteiger partial charge in [0.1, 0.15) is 0 Å². The molecular weight excluding hydrogens is 246 g/mol. The summed E-state index contributed by atoms with van der Waals surface area (Å²) in [6.07, 6.45) is 0.440. The second-order valence-corrected chi connectivity index (χ2v) is 5.44. The van der Waals surface area contributed by atoms with E-state index in [1.165, 1.54) is 7.11 Å². The number of nitrogens with one attached hydrogen (secondary N) is 1. The first-order valence-corrected chi connectivity index (χ1v) is 6.11. The summed E-state index contributed by atoms with van der Waals surface area (Å²) >= 11 is 0. The van der Waals surface area contributed by atoms with Crippen LogP contribution in [0.2, 0.25) is 0 Å². The predicted molar refractivity (Wildman–Crippen MR) is 71.6 cm³/mol. The zero-order chi connectivity index (χ0) is 14.6. The van der Waals surface area contributed by atoms with Gasteiger partial charge in [-0.1, -0.05) is 13.8 Å². The van der Waals surface area contributed by atoms with Crippen molar-refractivity contribution >= 4 is 17.7 Å². The Morgan fingerprint density at radius 3 is 2.53 bits per heavy atom. The summed E-state index contributed by atoms with van der Waals surface area (Å²) in [6.45, 7) is 5.62. The molecule has 0 saturated heterocycles. The Morgan fingerprint density at radius 2 is 2.05 bits per heavy atom. The number of hydrogen-bond acceptors (Lipinski definition) is 4. The molecule has 106 valence electrons. The first-order chi connectivity index (χ1) is 8.73. The zero-order valence-electron chi connectivity index (χ0n) is 12.1. The lowest BCUT2D eigenvalue weighted by atomic mass is 9.85. The van der Waals surface area contributed by atoms with E-state index in [2.05, 4.69) is 15.2 Å². The van der Waals surface area contributed by atoms with Gasteiger partial charge in [-0.15, -0.1) is 0 Å². The molecule has 0 unspecified atom stereocenters. The van der Waals surface area contributed by atoms with E-state index in [0.717, 1.165) is 5.69 Å². The molecule has 1 rings (SSSR count). The van der Waals surface area contributed by atoms with Crippen LogP contribution in [0, 0.1) is 12.3 Å². The van der Waals surface area contributed by atoms with Crippen molar-refractivity contribution < 1.29 is 14.3 Å². The van der Waals surface area contributed by atoms with Crippen LogP contribution in [0.4, 0.5) is 5.82 Å². The number of aromatic nitrogens is 2.